The number of benzene rings is 1. The van der Waals surface area contributed by atoms with Crippen LogP contribution in [0.1, 0.15) is 31.2 Å². The van der Waals surface area contributed by atoms with Crippen LogP contribution in [-0.2, 0) is 28.6 Å². The molecule has 0 heterocycles. The summed E-state index contributed by atoms with van der Waals surface area (Å²) in [5.74, 6) is -0.818. The lowest BCUT2D eigenvalue weighted by molar-refractivity contribution is -0.223. The molecule has 1 aliphatic rings. The summed E-state index contributed by atoms with van der Waals surface area (Å²) in [6.45, 7) is 5.68. The fraction of sp³-hybridized carbons (Fsp3) is 0.562. The Kier molecular flexibility index (Phi) is 6.56. The molecule has 1 fully saturated rings. The smallest absolute Gasteiger partial charge is 0.310 e. The molecule has 24 heavy (non-hydrogen) atoms. The highest BCUT2D eigenvalue weighted by Gasteiger charge is 2.32. The summed E-state index contributed by atoms with van der Waals surface area (Å²) >= 11 is 0. The number of carbonyl (C=O) groups excluding carboxylic acids is 1. The average Bonchev–Trinajstić information content (AvgIpc) is 2.52. The topological polar surface area (TPSA) is 78.9 Å². The zero-order valence-corrected chi connectivity index (χ0v) is 16.2. The third-order valence-electron chi connectivity index (χ3n) is 3.85. The van der Waals surface area contributed by atoms with E-state index in [1.807, 2.05) is 20.0 Å². The van der Waals surface area contributed by atoms with Crippen molar-refractivity contribution in [1.82, 2.24) is 0 Å². The Hall–Kier alpha value is -1.22. The highest BCUT2D eigenvalue weighted by molar-refractivity contribution is 7.86. The largest absolute Gasteiger partial charge is 0.344 e. The first-order chi connectivity index (χ1) is 11.3. The standard InChI is InChI=1S/C16H24O6SSi/c1-12-7-9-15(10-8-12)23(18,19)21-14-6-4-5-13(11-14)16(17)20-22-24(2)3/h7-10,13-14,24H,4-6,11H2,1-3H3. The van der Waals surface area contributed by atoms with Crippen molar-refractivity contribution in [3.05, 3.63) is 29.8 Å². The highest BCUT2D eigenvalue weighted by Crippen LogP contribution is 2.30. The van der Waals surface area contributed by atoms with Crippen LogP contribution in [0, 0.1) is 12.8 Å². The lowest BCUT2D eigenvalue weighted by atomic mass is 9.87. The van der Waals surface area contributed by atoms with Crippen molar-refractivity contribution in [3.8, 4) is 0 Å². The number of hydrogen-bond acceptors (Lipinski definition) is 6. The van der Waals surface area contributed by atoms with Crippen LogP contribution in [0.5, 0.6) is 0 Å². The van der Waals surface area contributed by atoms with E-state index < -0.39 is 31.2 Å². The molecule has 134 valence electrons. The summed E-state index contributed by atoms with van der Waals surface area (Å²) in [6, 6.07) is 6.51. The summed E-state index contributed by atoms with van der Waals surface area (Å²) < 4.78 is 35.0. The van der Waals surface area contributed by atoms with Crippen molar-refractivity contribution in [2.75, 3.05) is 0 Å². The van der Waals surface area contributed by atoms with Crippen LogP contribution in [0.2, 0.25) is 13.1 Å². The Balaban J connectivity index is 1.97. The first-order valence-corrected chi connectivity index (χ1v) is 12.3. The lowest BCUT2D eigenvalue weighted by Gasteiger charge is -2.27. The third kappa shape index (κ3) is 5.40. The molecule has 0 spiro atoms. The zero-order chi connectivity index (χ0) is 17.7. The minimum Gasteiger partial charge on any atom is -0.310 e. The van der Waals surface area contributed by atoms with Crippen molar-refractivity contribution in [3.63, 3.8) is 0 Å². The molecule has 1 aromatic rings. The van der Waals surface area contributed by atoms with E-state index in [1.54, 1.807) is 12.1 Å². The maximum absolute atomic E-state index is 12.3. The van der Waals surface area contributed by atoms with Gasteiger partial charge in [-0.25, -0.2) is 9.37 Å². The average molecular weight is 373 g/mol. The predicted octanol–water partition coefficient (Wildman–Crippen LogP) is 2.72. The van der Waals surface area contributed by atoms with Gasteiger partial charge in [0, 0.05) is 0 Å². The van der Waals surface area contributed by atoms with Gasteiger partial charge in [-0.05, 0) is 57.8 Å². The SMILES string of the molecule is Cc1ccc(S(=O)(=O)OC2CCCC(C(=O)OO[SiH](C)C)C2)cc1. The van der Waals surface area contributed by atoms with Gasteiger partial charge in [0.25, 0.3) is 10.1 Å². The molecule has 6 nitrogen and oxygen atoms in total. The van der Waals surface area contributed by atoms with Crippen molar-refractivity contribution in [2.24, 2.45) is 5.92 Å². The van der Waals surface area contributed by atoms with Gasteiger partial charge < -0.3 is 4.89 Å². The molecular weight excluding hydrogens is 348 g/mol. The summed E-state index contributed by atoms with van der Waals surface area (Å²) in [4.78, 5) is 17.0. The molecule has 0 aromatic heterocycles. The second-order valence-electron chi connectivity index (χ2n) is 6.40. The Morgan fingerprint density at radius 1 is 1.17 bits per heavy atom. The molecule has 2 atom stereocenters. The lowest BCUT2D eigenvalue weighted by Crippen LogP contribution is -2.31. The summed E-state index contributed by atoms with van der Waals surface area (Å²) in [7, 11) is -5.27. The normalized spacial score (nSPS) is 21.7. The number of rotatable bonds is 6. The minimum absolute atomic E-state index is 0.131. The molecule has 0 saturated heterocycles. The van der Waals surface area contributed by atoms with E-state index in [0.29, 0.717) is 25.7 Å². The van der Waals surface area contributed by atoms with Crippen LogP contribution >= 0.6 is 0 Å². The van der Waals surface area contributed by atoms with Gasteiger partial charge in [-0.2, -0.15) is 8.42 Å². The molecule has 0 aliphatic heterocycles. The van der Waals surface area contributed by atoms with Gasteiger partial charge in [0.15, 0.2) is 0 Å². The van der Waals surface area contributed by atoms with Gasteiger partial charge in [0.2, 0.25) is 9.04 Å². The Morgan fingerprint density at radius 3 is 2.46 bits per heavy atom. The van der Waals surface area contributed by atoms with Crippen molar-refractivity contribution < 1.29 is 26.9 Å². The Labute approximate surface area is 144 Å². The first-order valence-electron chi connectivity index (χ1n) is 8.15. The van der Waals surface area contributed by atoms with E-state index >= 15 is 0 Å². The van der Waals surface area contributed by atoms with E-state index in [4.69, 9.17) is 13.6 Å². The summed E-state index contributed by atoms with van der Waals surface area (Å²) in [5.41, 5.74) is 0.975. The molecule has 2 rings (SSSR count). The van der Waals surface area contributed by atoms with E-state index in [9.17, 15) is 13.2 Å². The zero-order valence-electron chi connectivity index (χ0n) is 14.2. The van der Waals surface area contributed by atoms with E-state index in [0.717, 1.165) is 5.56 Å². The molecule has 1 saturated carbocycles. The van der Waals surface area contributed by atoms with Crippen LogP contribution in [0.4, 0.5) is 0 Å². The predicted molar refractivity (Wildman–Crippen MR) is 91.2 cm³/mol. The second-order valence-corrected chi connectivity index (χ2v) is 10.3. The third-order valence-corrected chi connectivity index (χ3v) is 5.71. The number of carbonyl (C=O) groups is 1. The molecule has 0 bridgehead atoms. The van der Waals surface area contributed by atoms with Crippen LogP contribution in [0.3, 0.4) is 0 Å². The molecule has 0 N–H and O–H groups in total. The van der Waals surface area contributed by atoms with Crippen LogP contribution < -0.4 is 0 Å². The monoisotopic (exact) mass is 372 g/mol. The summed E-state index contributed by atoms with van der Waals surface area (Å²) in [6.07, 6.45) is 1.79. The van der Waals surface area contributed by atoms with Gasteiger partial charge in [-0.1, -0.05) is 17.7 Å². The van der Waals surface area contributed by atoms with E-state index in [2.05, 4.69) is 0 Å². The van der Waals surface area contributed by atoms with Gasteiger partial charge >= 0.3 is 5.97 Å². The molecule has 0 amide bonds. The van der Waals surface area contributed by atoms with Crippen molar-refractivity contribution >= 4 is 25.1 Å². The Bertz CT molecular complexity index is 656. The van der Waals surface area contributed by atoms with E-state index in [-0.39, 0.29) is 10.8 Å². The minimum atomic E-state index is -3.83. The fourth-order valence-corrected chi connectivity index (χ4v) is 4.00. The highest BCUT2D eigenvalue weighted by atomic mass is 32.2. The molecule has 1 aliphatic carbocycles. The molecule has 8 heteroatoms. The van der Waals surface area contributed by atoms with Crippen molar-refractivity contribution in [2.45, 2.75) is 56.7 Å². The van der Waals surface area contributed by atoms with Gasteiger partial charge in [-0.3, -0.25) is 4.18 Å². The first kappa shape index (κ1) is 19.1. The van der Waals surface area contributed by atoms with Crippen LogP contribution in [0.15, 0.2) is 29.2 Å². The Morgan fingerprint density at radius 2 is 1.83 bits per heavy atom. The maximum atomic E-state index is 12.3. The van der Waals surface area contributed by atoms with Gasteiger partial charge in [-0.15, -0.1) is 0 Å². The number of aryl methyl sites for hydroxylation is 1. The summed E-state index contributed by atoms with van der Waals surface area (Å²) in [5, 5.41) is 0. The fourth-order valence-electron chi connectivity index (χ4n) is 2.60. The van der Waals surface area contributed by atoms with E-state index in [1.165, 1.54) is 12.1 Å². The maximum Gasteiger partial charge on any atom is 0.344 e. The molecule has 1 aromatic carbocycles. The second kappa shape index (κ2) is 8.24. The van der Waals surface area contributed by atoms with Gasteiger partial charge in [0.1, 0.15) is 0 Å². The van der Waals surface area contributed by atoms with Crippen LogP contribution in [0.25, 0.3) is 0 Å². The molecule has 0 radical (unpaired) electrons. The molecular formula is C16H24O6SSi. The number of hydrogen-bond donors (Lipinski definition) is 0. The van der Waals surface area contributed by atoms with Crippen LogP contribution in [-0.4, -0.2) is 29.5 Å². The quantitative estimate of drug-likeness (QED) is 0.331. The molecule has 2 unspecified atom stereocenters. The van der Waals surface area contributed by atoms with Crippen molar-refractivity contribution in [1.29, 1.82) is 0 Å². The van der Waals surface area contributed by atoms with Gasteiger partial charge in [0.05, 0.1) is 16.9 Å².